The number of nitrogens with zero attached hydrogens (tertiary/aromatic N) is 2. The fourth-order valence-electron chi connectivity index (χ4n) is 5.91. The molecule has 6 heteroatoms. The van der Waals surface area contributed by atoms with E-state index in [-0.39, 0.29) is 18.4 Å². The van der Waals surface area contributed by atoms with E-state index < -0.39 is 5.41 Å². The second-order valence-corrected chi connectivity index (χ2v) is 10.3. The zero-order valence-corrected chi connectivity index (χ0v) is 21.5. The molecular formula is C31H37N3O3. The van der Waals surface area contributed by atoms with Crippen LogP contribution in [0.2, 0.25) is 0 Å². The Morgan fingerprint density at radius 2 is 1.78 bits per heavy atom. The molecule has 2 aliphatic heterocycles. The van der Waals surface area contributed by atoms with Crippen molar-refractivity contribution in [3.8, 4) is 5.75 Å². The summed E-state index contributed by atoms with van der Waals surface area (Å²) in [5.74, 6) is 1.25. The molecule has 1 atom stereocenters. The highest BCUT2D eigenvalue weighted by Crippen LogP contribution is 2.42. The predicted molar refractivity (Wildman–Crippen MR) is 147 cm³/mol. The van der Waals surface area contributed by atoms with Gasteiger partial charge in [-0.1, -0.05) is 66.8 Å². The average Bonchev–Trinajstić information content (AvgIpc) is 2.96. The lowest BCUT2D eigenvalue weighted by molar-refractivity contribution is -0.132. The van der Waals surface area contributed by atoms with Gasteiger partial charge in [0.1, 0.15) is 5.75 Å². The smallest absolute Gasteiger partial charge is 0.265 e. The molecule has 37 heavy (non-hydrogen) atoms. The van der Waals surface area contributed by atoms with Crippen LogP contribution in [0.4, 0.5) is 5.69 Å². The van der Waals surface area contributed by atoms with Crippen LogP contribution in [0, 0.1) is 11.3 Å². The molecule has 2 heterocycles. The van der Waals surface area contributed by atoms with E-state index in [1.165, 1.54) is 5.56 Å². The predicted octanol–water partition coefficient (Wildman–Crippen LogP) is 4.38. The number of para-hydroxylation sites is 2. The van der Waals surface area contributed by atoms with Gasteiger partial charge >= 0.3 is 0 Å². The Labute approximate surface area is 220 Å². The average molecular weight is 500 g/mol. The van der Waals surface area contributed by atoms with Crippen molar-refractivity contribution in [3.63, 3.8) is 0 Å². The van der Waals surface area contributed by atoms with Crippen molar-refractivity contribution in [2.45, 2.75) is 32.1 Å². The maximum atomic E-state index is 13.5. The molecule has 1 aliphatic carbocycles. The summed E-state index contributed by atoms with van der Waals surface area (Å²) in [6, 6.07) is 18.2. The minimum Gasteiger partial charge on any atom is -0.482 e. The molecule has 0 saturated carbocycles. The third-order valence-electron chi connectivity index (χ3n) is 8.05. The number of piperidine rings is 1. The van der Waals surface area contributed by atoms with Crippen molar-refractivity contribution in [2.75, 3.05) is 44.2 Å². The lowest BCUT2D eigenvalue weighted by Gasteiger charge is -2.43. The van der Waals surface area contributed by atoms with Gasteiger partial charge in [-0.15, -0.1) is 0 Å². The van der Waals surface area contributed by atoms with Crippen molar-refractivity contribution in [3.05, 3.63) is 84.5 Å². The maximum absolute atomic E-state index is 13.5. The summed E-state index contributed by atoms with van der Waals surface area (Å²) in [4.78, 5) is 30.3. The minimum absolute atomic E-state index is 0.00982. The fraction of sp³-hybridized carbons (Fsp3) is 0.419. The summed E-state index contributed by atoms with van der Waals surface area (Å²) in [6.07, 6.45) is 13.0. The molecular weight excluding hydrogens is 462 g/mol. The SMILES string of the molecule is O=C1COc2ccccc2N1CCN1CCC(C2(C(=O)NCCCc3ccccc3)C=CC=CC2)CC1. The Kier molecular flexibility index (Phi) is 8.05. The van der Waals surface area contributed by atoms with E-state index in [2.05, 4.69) is 46.6 Å². The van der Waals surface area contributed by atoms with Crippen LogP contribution in [0.15, 0.2) is 78.9 Å². The number of benzene rings is 2. The number of ether oxygens (including phenoxy) is 1. The molecule has 2 aromatic carbocycles. The molecule has 0 aromatic heterocycles. The van der Waals surface area contributed by atoms with Gasteiger partial charge in [0.2, 0.25) is 5.91 Å². The highest BCUT2D eigenvalue weighted by atomic mass is 16.5. The van der Waals surface area contributed by atoms with Gasteiger partial charge in [0.25, 0.3) is 5.91 Å². The number of aryl methyl sites for hydroxylation is 1. The molecule has 194 valence electrons. The Morgan fingerprint density at radius 1 is 1.00 bits per heavy atom. The molecule has 0 spiro atoms. The van der Waals surface area contributed by atoms with E-state index in [0.717, 1.165) is 63.2 Å². The second kappa shape index (κ2) is 11.8. The number of nitrogens with one attached hydrogen (secondary N) is 1. The third kappa shape index (κ3) is 5.80. The molecule has 0 radical (unpaired) electrons. The monoisotopic (exact) mass is 499 g/mol. The van der Waals surface area contributed by atoms with Crippen molar-refractivity contribution in [1.29, 1.82) is 0 Å². The zero-order chi connectivity index (χ0) is 25.5. The van der Waals surface area contributed by atoms with Crippen LogP contribution in [0.25, 0.3) is 0 Å². The summed E-state index contributed by atoms with van der Waals surface area (Å²) >= 11 is 0. The van der Waals surface area contributed by atoms with Gasteiger partial charge in [0.15, 0.2) is 6.61 Å². The number of hydrogen-bond donors (Lipinski definition) is 1. The standard InChI is InChI=1S/C31H37N3O3/c35-29-24-37-28-14-6-5-13-27(28)34(29)23-22-33-20-15-26(16-21-33)31(17-7-2-8-18-31)30(36)32-19-9-12-25-10-3-1-4-11-25/h1-8,10-11,13-14,17,26H,9,12,15-16,18-24H2,(H,32,36). The van der Waals surface area contributed by atoms with Crippen LogP contribution in [0.1, 0.15) is 31.2 Å². The Bertz CT molecular complexity index is 1140. The Morgan fingerprint density at radius 3 is 2.57 bits per heavy atom. The van der Waals surface area contributed by atoms with Gasteiger partial charge in [-0.05, 0) is 68.8 Å². The lowest BCUT2D eigenvalue weighted by Crippen LogP contribution is -2.50. The lowest BCUT2D eigenvalue weighted by atomic mass is 9.66. The van der Waals surface area contributed by atoms with Crippen molar-refractivity contribution < 1.29 is 14.3 Å². The van der Waals surface area contributed by atoms with E-state index in [4.69, 9.17) is 4.74 Å². The quantitative estimate of drug-likeness (QED) is 0.521. The van der Waals surface area contributed by atoms with Gasteiger partial charge in [0.05, 0.1) is 11.1 Å². The second-order valence-electron chi connectivity index (χ2n) is 10.3. The Hall–Kier alpha value is -3.38. The molecule has 6 nitrogen and oxygen atoms in total. The first kappa shape index (κ1) is 25.3. The van der Waals surface area contributed by atoms with Crippen LogP contribution in [-0.4, -0.2) is 56.0 Å². The first-order chi connectivity index (χ1) is 18.2. The molecule has 2 amide bonds. The van der Waals surface area contributed by atoms with Crippen molar-refractivity contribution in [2.24, 2.45) is 11.3 Å². The number of hydrogen-bond acceptors (Lipinski definition) is 4. The molecule has 0 bridgehead atoms. The number of carbonyl (C=O) groups excluding carboxylic acids is 2. The van der Waals surface area contributed by atoms with Crippen LogP contribution in [0.5, 0.6) is 5.75 Å². The van der Waals surface area contributed by atoms with Gasteiger partial charge in [-0.25, -0.2) is 0 Å². The summed E-state index contributed by atoms with van der Waals surface area (Å²) in [7, 11) is 0. The van der Waals surface area contributed by atoms with E-state index in [1.807, 2.05) is 47.4 Å². The largest absolute Gasteiger partial charge is 0.482 e. The normalized spacial score (nSPS) is 21.9. The number of allylic oxidation sites excluding steroid dienone is 3. The Balaban J connectivity index is 1.14. The van der Waals surface area contributed by atoms with E-state index >= 15 is 0 Å². The number of carbonyl (C=O) groups is 2. The summed E-state index contributed by atoms with van der Waals surface area (Å²) in [6.45, 7) is 4.14. The summed E-state index contributed by atoms with van der Waals surface area (Å²) < 4.78 is 5.58. The molecule has 1 fully saturated rings. The summed E-state index contributed by atoms with van der Waals surface area (Å²) in [5.41, 5.74) is 1.70. The van der Waals surface area contributed by atoms with E-state index in [1.54, 1.807) is 0 Å². The molecule has 1 unspecified atom stereocenters. The first-order valence-corrected chi connectivity index (χ1v) is 13.6. The number of anilines is 1. The van der Waals surface area contributed by atoms with Gasteiger partial charge in [-0.3, -0.25) is 9.59 Å². The molecule has 1 saturated heterocycles. The van der Waals surface area contributed by atoms with E-state index in [9.17, 15) is 9.59 Å². The summed E-state index contributed by atoms with van der Waals surface area (Å²) in [5, 5.41) is 3.26. The first-order valence-electron chi connectivity index (χ1n) is 13.6. The number of likely N-dealkylation sites (tertiary alicyclic amines) is 1. The van der Waals surface area contributed by atoms with Crippen LogP contribution in [0.3, 0.4) is 0 Å². The highest BCUT2D eigenvalue weighted by molar-refractivity contribution is 5.97. The topological polar surface area (TPSA) is 61.9 Å². The number of rotatable bonds is 9. The highest BCUT2D eigenvalue weighted by Gasteiger charge is 2.44. The minimum atomic E-state index is -0.466. The van der Waals surface area contributed by atoms with E-state index in [0.29, 0.717) is 19.0 Å². The molecule has 3 aliphatic rings. The van der Waals surface area contributed by atoms with Crippen molar-refractivity contribution in [1.82, 2.24) is 10.2 Å². The van der Waals surface area contributed by atoms with Gasteiger partial charge < -0.3 is 19.9 Å². The molecule has 1 N–H and O–H groups in total. The van der Waals surface area contributed by atoms with Gasteiger partial charge in [-0.2, -0.15) is 0 Å². The van der Waals surface area contributed by atoms with Crippen LogP contribution < -0.4 is 15.0 Å². The van der Waals surface area contributed by atoms with Crippen LogP contribution in [-0.2, 0) is 16.0 Å². The van der Waals surface area contributed by atoms with Crippen LogP contribution >= 0.6 is 0 Å². The third-order valence-corrected chi connectivity index (χ3v) is 8.05. The number of amides is 2. The maximum Gasteiger partial charge on any atom is 0.265 e. The van der Waals surface area contributed by atoms with Crippen molar-refractivity contribution >= 4 is 17.5 Å². The molecule has 2 aromatic rings. The molecule has 5 rings (SSSR count). The zero-order valence-electron chi connectivity index (χ0n) is 21.5. The van der Waals surface area contributed by atoms with Gasteiger partial charge in [0, 0.05) is 19.6 Å². The number of fused-ring (bicyclic) bond motifs is 1. The fourth-order valence-corrected chi connectivity index (χ4v) is 5.91.